The first-order chi connectivity index (χ1) is 9.15. The highest BCUT2D eigenvalue weighted by atomic mass is 35.5. The molecule has 2 N–H and O–H groups in total. The van der Waals surface area contributed by atoms with Crippen LogP contribution in [0.3, 0.4) is 0 Å². The van der Waals surface area contributed by atoms with Crippen LogP contribution in [0, 0.1) is 5.82 Å². The molecule has 1 atom stereocenters. The van der Waals surface area contributed by atoms with Gasteiger partial charge in [0.25, 0.3) is 0 Å². The first kappa shape index (κ1) is 12.7. The van der Waals surface area contributed by atoms with E-state index in [9.17, 15) is 4.39 Å². The van der Waals surface area contributed by atoms with Gasteiger partial charge in [0.05, 0.1) is 22.2 Å². The minimum absolute atomic E-state index is 0.0660. The van der Waals surface area contributed by atoms with Gasteiger partial charge in [-0.3, -0.25) is 0 Å². The van der Waals surface area contributed by atoms with Crippen molar-refractivity contribution in [3.63, 3.8) is 0 Å². The maximum absolute atomic E-state index is 13.5. The molecule has 0 amide bonds. The molecule has 4 nitrogen and oxygen atoms in total. The molecule has 0 saturated carbocycles. The summed E-state index contributed by atoms with van der Waals surface area (Å²) in [4.78, 5) is 4.21. The summed E-state index contributed by atoms with van der Waals surface area (Å²) in [5, 5.41) is 0.0660. The van der Waals surface area contributed by atoms with Crippen molar-refractivity contribution in [3.05, 3.63) is 23.0 Å². The Balaban J connectivity index is 1.89. The zero-order valence-electron chi connectivity index (χ0n) is 10.4. The molecule has 2 heterocycles. The van der Waals surface area contributed by atoms with Crippen LogP contribution in [0.4, 0.5) is 10.3 Å². The van der Waals surface area contributed by atoms with Crippen molar-refractivity contribution in [3.8, 4) is 0 Å². The molecular formula is C13H15ClFN3O. The number of nitrogens with two attached hydrogens (primary N) is 1. The first-order valence-corrected chi connectivity index (χ1v) is 6.75. The molecule has 1 saturated heterocycles. The third-order valence-corrected chi connectivity index (χ3v) is 3.81. The van der Waals surface area contributed by atoms with Crippen molar-refractivity contribution in [1.82, 2.24) is 9.55 Å². The zero-order valence-corrected chi connectivity index (χ0v) is 11.2. The number of hydrogen-bond donors (Lipinski definition) is 1. The van der Waals surface area contributed by atoms with Crippen molar-refractivity contribution in [2.45, 2.75) is 31.9 Å². The maximum atomic E-state index is 13.5. The van der Waals surface area contributed by atoms with Crippen LogP contribution in [0.5, 0.6) is 0 Å². The Labute approximate surface area is 115 Å². The van der Waals surface area contributed by atoms with Crippen molar-refractivity contribution in [1.29, 1.82) is 0 Å². The number of aromatic nitrogens is 2. The van der Waals surface area contributed by atoms with Crippen LogP contribution in [0.2, 0.25) is 5.02 Å². The van der Waals surface area contributed by atoms with Gasteiger partial charge in [-0.1, -0.05) is 11.6 Å². The second-order valence-electron chi connectivity index (χ2n) is 4.80. The fourth-order valence-electron chi connectivity index (χ4n) is 2.52. The van der Waals surface area contributed by atoms with E-state index < -0.39 is 5.82 Å². The Morgan fingerprint density at radius 2 is 2.37 bits per heavy atom. The molecule has 102 valence electrons. The van der Waals surface area contributed by atoms with E-state index in [2.05, 4.69) is 4.98 Å². The summed E-state index contributed by atoms with van der Waals surface area (Å²) >= 11 is 5.74. The van der Waals surface area contributed by atoms with Gasteiger partial charge in [0.1, 0.15) is 5.82 Å². The lowest BCUT2D eigenvalue weighted by atomic mass is 10.2. The highest BCUT2D eigenvalue weighted by Gasteiger charge is 2.17. The quantitative estimate of drug-likeness (QED) is 0.942. The number of hydrogen-bond acceptors (Lipinski definition) is 3. The van der Waals surface area contributed by atoms with Crippen LogP contribution < -0.4 is 5.73 Å². The van der Waals surface area contributed by atoms with E-state index in [4.69, 9.17) is 22.1 Å². The molecule has 1 unspecified atom stereocenters. The van der Waals surface area contributed by atoms with Gasteiger partial charge in [-0.25, -0.2) is 9.37 Å². The number of aryl methyl sites for hydroxylation is 1. The van der Waals surface area contributed by atoms with E-state index >= 15 is 0 Å². The van der Waals surface area contributed by atoms with Crippen LogP contribution >= 0.6 is 11.6 Å². The van der Waals surface area contributed by atoms with E-state index in [-0.39, 0.29) is 11.1 Å². The molecule has 0 bridgehead atoms. The fourth-order valence-corrected chi connectivity index (χ4v) is 2.68. The predicted octanol–water partition coefficient (Wildman–Crippen LogP) is 2.98. The Hall–Kier alpha value is -1.33. The SMILES string of the molecule is Nc1nc2cc(Cl)c(F)cc2n1CCC1CCCO1. The number of anilines is 1. The topological polar surface area (TPSA) is 53.1 Å². The molecule has 1 aliphatic heterocycles. The Kier molecular flexibility index (Phi) is 3.33. The summed E-state index contributed by atoms with van der Waals surface area (Å²) in [6.07, 6.45) is 3.32. The van der Waals surface area contributed by atoms with Gasteiger partial charge in [0.15, 0.2) is 0 Å². The largest absolute Gasteiger partial charge is 0.378 e. The first-order valence-electron chi connectivity index (χ1n) is 6.37. The molecule has 1 fully saturated rings. The summed E-state index contributed by atoms with van der Waals surface area (Å²) < 4.78 is 20.9. The number of nitrogen functional groups attached to an aromatic ring is 1. The Bertz CT molecular complexity index is 607. The molecule has 6 heteroatoms. The van der Waals surface area contributed by atoms with Gasteiger partial charge in [-0.05, 0) is 25.3 Å². The van der Waals surface area contributed by atoms with Crippen molar-refractivity contribution in [2.75, 3.05) is 12.3 Å². The third kappa shape index (κ3) is 2.40. The standard InChI is InChI=1S/C13H15ClFN3O/c14-9-6-11-12(7-10(9)15)18(13(16)17-11)4-3-8-2-1-5-19-8/h6-8H,1-5H2,(H2,16,17). The van der Waals surface area contributed by atoms with E-state index in [1.54, 1.807) is 0 Å². The normalized spacial score (nSPS) is 19.4. The molecule has 0 radical (unpaired) electrons. The minimum Gasteiger partial charge on any atom is -0.378 e. The zero-order chi connectivity index (χ0) is 13.4. The molecular weight excluding hydrogens is 269 g/mol. The van der Waals surface area contributed by atoms with E-state index in [0.29, 0.717) is 23.5 Å². The van der Waals surface area contributed by atoms with Gasteiger partial charge in [-0.15, -0.1) is 0 Å². The molecule has 2 aromatic rings. The van der Waals surface area contributed by atoms with Crippen molar-refractivity contribution < 1.29 is 9.13 Å². The maximum Gasteiger partial charge on any atom is 0.201 e. The minimum atomic E-state index is -0.451. The van der Waals surface area contributed by atoms with Crippen LogP contribution in [0.25, 0.3) is 11.0 Å². The Morgan fingerprint density at radius 3 is 3.11 bits per heavy atom. The number of rotatable bonds is 3. The number of benzene rings is 1. The average molecular weight is 284 g/mol. The van der Waals surface area contributed by atoms with Crippen molar-refractivity contribution in [2.24, 2.45) is 0 Å². The molecule has 3 rings (SSSR count). The molecule has 1 aromatic heterocycles. The number of fused-ring (bicyclic) bond motifs is 1. The van der Waals surface area contributed by atoms with Gasteiger partial charge in [-0.2, -0.15) is 0 Å². The third-order valence-electron chi connectivity index (χ3n) is 3.52. The van der Waals surface area contributed by atoms with Gasteiger partial charge < -0.3 is 15.0 Å². The monoisotopic (exact) mass is 283 g/mol. The number of imidazole rings is 1. The molecule has 1 aromatic carbocycles. The van der Waals surface area contributed by atoms with Gasteiger partial charge in [0, 0.05) is 19.2 Å². The number of halogens is 2. The van der Waals surface area contributed by atoms with Crippen LogP contribution in [0.15, 0.2) is 12.1 Å². The lowest BCUT2D eigenvalue weighted by molar-refractivity contribution is 0.101. The van der Waals surface area contributed by atoms with E-state index in [1.807, 2.05) is 4.57 Å². The van der Waals surface area contributed by atoms with Crippen LogP contribution in [-0.4, -0.2) is 22.3 Å². The van der Waals surface area contributed by atoms with Gasteiger partial charge in [0.2, 0.25) is 5.95 Å². The highest BCUT2D eigenvalue weighted by molar-refractivity contribution is 6.31. The fraction of sp³-hybridized carbons (Fsp3) is 0.462. The van der Waals surface area contributed by atoms with Crippen LogP contribution in [0.1, 0.15) is 19.3 Å². The summed E-state index contributed by atoms with van der Waals surface area (Å²) in [5.74, 6) is -0.0675. The predicted molar refractivity (Wildman–Crippen MR) is 72.7 cm³/mol. The van der Waals surface area contributed by atoms with E-state index in [0.717, 1.165) is 25.9 Å². The number of nitrogens with zero attached hydrogens (tertiary/aromatic N) is 2. The van der Waals surface area contributed by atoms with Gasteiger partial charge >= 0.3 is 0 Å². The second-order valence-corrected chi connectivity index (χ2v) is 5.21. The van der Waals surface area contributed by atoms with Crippen LogP contribution in [-0.2, 0) is 11.3 Å². The highest BCUT2D eigenvalue weighted by Crippen LogP contribution is 2.26. The summed E-state index contributed by atoms with van der Waals surface area (Å²) in [6.45, 7) is 1.50. The molecule has 0 spiro atoms. The lowest BCUT2D eigenvalue weighted by Crippen LogP contribution is -2.11. The summed E-state index contributed by atoms with van der Waals surface area (Å²) in [5.41, 5.74) is 7.18. The summed E-state index contributed by atoms with van der Waals surface area (Å²) in [6, 6.07) is 2.89. The second kappa shape index (κ2) is 4.98. The summed E-state index contributed by atoms with van der Waals surface area (Å²) in [7, 11) is 0. The average Bonchev–Trinajstić information content (AvgIpc) is 2.96. The van der Waals surface area contributed by atoms with E-state index in [1.165, 1.54) is 12.1 Å². The lowest BCUT2D eigenvalue weighted by Gasteiger charge is -2.11. The molecule has 19 heavy (non-hydrogen) atoms. The van der Waals surface area contributed by atoms with Crippen molar-refractivity contribution >= 4 is 28.6 Å². The Morgan fingerprint density at radius 1 is 1.53 bits per heavy atom. The number of ether oxygens (including phenoxy) is 1. The smallest absolute Gasteiger partial charge is 0.201 e. The molecule has 1 aliphatic rings. The molecule has 0 aliphatic carbocycles.